The highest BCUT2D eigenvalue weighted by molar-refractivity contribution is 5.97. The fourth-order valence-corrected chi connectivity index (χ4v) is 2.48. The van der Waals surface area contributed by atoms with Crippen molar-refractivity contribution in [3.63, 3.8) is 0 Å². The van der Waals surface area contributed by atoms with E-state index < -0.39 is 0 Å². The van der Waals surface area contributed by atoms with Crippen LogP contribution in [0.3, 0.4) is 0 Å². The summed E-state index contributed by atoms with van der Waals surface area (Å²) in [5, 5.41) is 10.6. The zero-order valence-corrected chi connectivity index (χ0v) is 13.4. The van der Waals surface area contributed by atoms with Crippen LogP contribution in [0.1, 0.15) is 15.9 Å². The average molecular weight is 322 g/mol. The number of aromatic nitrogens is 3. The molecule has 0 aliphatic carbocycles. The molecule has 0 fully saturated rings. The molecule has 0 unspecified atom stereocenters. The molecule has 24 heavy (non-hydrogen) atoms. The van der Waals surface area contributed by atoms with Crippen molar-refractivity contribution in [1.29, 1.82) is 0 Å². The summed E-state index contributed by atoms with van der Waals surface area (Å²) in [6.45, 7) is 4.70. The average Bonchev–Trinajstić information content (AvgIpc) is 3.09. The SMILES string of the molecule is C=CCN(Cc1ccc(OC)cc1)C(=O)c1ccc2n[nH]nc2c1. The second kappa shape index (κ2) is 6.95. The molecule has 122 valence electrons. The van der Waals surface area contributed by atoms with Crippen molar-refractivity contribution in [3.05, 3.63) is 66.2 Å². The number of methoxy groups -OCH3 is 1. The van der Waals surface area contributed by atoms with Gasteiger partial charge in [-0.1, -0.05) is 18.2 Å². The Morgan fingerprint density at radius 3 is 2.67 bits per heavy atom. The summed E-state index contributed by atoms with van der Waals surface area (Å²) in [7, 11) is 1.63. The van der Waals surface area contributed by atoms with Gasteiger partial charge in [-0.2, -0.15) is 15.4 Å². The maximum absolute atomic E-state index is 12.8. The Morgan fingerprint density at radius 2 is 1.96 bits per heavy atom. The maximum Gasteiger partial charge on any atom is 0.254 e. The molecule has 0 bridgehead atoms. The van der Waals surface area contributed by atoms with Gasteiger partial charge in [-0.3, -0.25) is 4.79 Å². The Morgan fingerprint density at radius 1 is 1.21 bits per heavy atom. The number of H-pyrrole nitrogens is 1. The van der Waals surface area contributed by atoms with Crippen LogP contribution in [0.4, 0.5) is 0 Å². The molecule has 3 rings (SSSR count). The van der Waals surface area contributed by atoms with Crippen molar-refractivity contribution < 1.29 is 9.53 Å². The smallest absolute Gasteiger partial charge is 0.254 e. The van der Waals surface area contributed by atoms with Crippen LogP contribution in [0, 0.1) is 0 Å². The highest BCUT2D eigenvalue weighted by Crippen LogP contribution is 2.16. The molecule has 0 spiro atoms. The number of fused-ring (bicyclic) bond motifs is 1. The van der Waals surface area contributed by atoms with E-state index in [1.807, 2.05) is 24.3 Å². The Labute approximate surface area is 139 Å². The van der Waals surface area contributed by atoms with Crippen LogP contribution in [0.5, 0.6) is 5.75 Å². The highest BCUT2D eigenvalue weighted by atomic mass is 16.5. The number of hydrogen-bond acceptors (Lipinski definition) is 4. The van der Waals surface area contributed by atoms with Crippen molar-refractivity contribution in [3.8, 4) is 5.75 Å². The number of amides is 1. The molecule has 0 saturated carbocycles. The first kappa shape index (κ1) is 15.7. The molecule has 1 amide bonds. The fourth-order valence-electron chi connectivity index (χ4n) is 2.48. The number of hydrogen-bond donors (Lipinski definition) is 1. The largest absolute Gasteiger partial charge is 0.497 e. The number of carbonyl (C=O) groups excluding carboxylic acids is 1. The number of carbonyl (C=O) groups is 1. The fraction of sp³-hybridized carbons (Fsp3) is 0.167. The first-order valence-electron chi connectivity index (χ1n) is 7.55. The minimum absolute atomic E-state index is 0.0735. The van der Waals surface area contributed by atoms with Crippen molar-refractivity contribution in [1.82, 2.24) is 20.3 Å². The first-order valence-corrected chi connectivity index (χ1v) is 7.55. The monoisotopic (exact) mass is 322 g/mol. The van der Waals surface area contributed by atoms with Gasteiger partial charge in [0.15, 0.2) is 0 Å². The van der Waals surface area contributed by atoms with Crippen LogP contribution in [0.25, 0.3) is 11.0 Å². The lowest BCUT2D eigenvalue weighted by Crippen LogP contribution is -2.30. The van der Waals surface area contributed by atoms with Gasteiger partial charge in [0.25, 0.3) is 5.91 Å². The summed E-state index contributed by atoms with van der Waals surface area (Å²) in [6.07, 6.45) is 1.72. The molecule has 1 aromatic heterocycles. The third kappa shape index (κ3) is 3.27. The molecule has 2 aromatic carbocycles. The lowest BCUT2D eigenvalue weighted by molar-refractivity contribution is 0.0763. The molecule has 6 heteroatoms. The summed E-state index contributed by atoms with van der Waals surface area (Å²) >= 11 is 0. The Balaban J connectivity index is 1.82. The maximum atomic E-state index is 12.8. The van der Waals surface area contributed by atoms with Gasteiger partial charge in [-0.25, -0.2) is 0 Å². The van der Waals surface area contributed by atoms with E-state index in [4.69, 9.17) is 4.74 Å². The van der Waals surface area contributed by atoms with Gasteiger partial charge in [-0.15, -0.1) is 6.58 Å². The van der Waals surface area contributed by atoms with Gasteiger partial charge >= 0.3 is 0 Å². The number of nitrogens with one attached hydrogen (secondary N) is 1. The predicted molar refractivity (Wildman–Crippen MR) is 91.8 cm³/mol. The second-order valence-corrected chi connectivity index (χ2v) is 5.35. The van der Waals surface area contributed by atoms with Crippen molar-refractivity contribution in [2.75, 3.05) is 13.7 Å². The number of aromatic amines is 1. The molecular formula is C18H18N4O2. The van der Waals surface area contributed by atoms with Gasteiger partial charge in [0.1, 0.15) is 16.8 Å². The van der Waals surface area contributed by atoms with E-state index >= 15 is 0 Å². The standard InChI is InChI=1S/C18H18N4O2/c1-3-10-22(12-13-4-7-15(24-2)8-5-13)18(23)14-6-9-16-17(11-14)20-21-19-16/h3-9,11H,1,10,12H2,2H3,(H,19,20,21). The van der Waals surface area contributed by atoms with E-state index in [1.54, 1.807) is 36.3 Å². The van der Waals surface area contributed by atoms with Gasteiger partial charge in [0, 0.05) is 18.7 Å². The number of ether oxygens (including phenoxy) is 1. The number of rotatable bonds is 6. The molecular weight excluding hydrogens is 304 g/mol. The highest BCUT2D eigenvalue weighted by Gasteiger charge is 2.16. The molecule has 3 aromatic rings. The van der Waals surface area contributed by atoms with Gasteiger partial charge in [0.05, 0.1) is 7.11 Å². The van der Waals surface area contributed by atoms with Gasteiger partial charge in [0.2, 0.25) is 0 Å². The van der Waals surface area contributed by atoms with Gasteiger partial charge in [-0.05, 0) is 35.9 Å². The zero-order chi connectivity index (χ0) is 16.9. The summed E-state index contributed by atoms with van der Waals surface area (Å²) < 4.78 is 5.16. The van der Waals surface area contributed by atoms with E-state index in [0.717, 1.165) is 16.8 Å². The molecule has 1 N–H and O–H groups in total. The molecule has 1 heterocycles. The third-order valence-electron chi connectivity index (χ3n) is 3.73. The van der Waals surface area contributed by atoms with Crippen LogP contribution >= 0.6 is 0 Å². The van der Waals surface area contributed by atoms with Crippen LogP contribution in [-0.2, 0) is 6.54 Å². The van der Waals surface area contributed by atoms with Crippen LogP contribution in [-0.4, -0.2) is 39.9 Å². The number of nitrogens with zero attached hydrogens (tertiary/aromatic N) is 3. The quantitative estimate of drug-likeness (QED) is 0.708. The Kier molecular flexibility index (Phi) is 4.56. The first-order chi connectivity index (χ1) is 11.7. The van der Waals surface area contributed by atoms with Crippen LogP contribution in [0.2, 0.25) is 0 Å². The molecule has 6 nitrogen and oxygen atoms in total. The van der Waals surface area contributed by atoms with Crippen molar-refractivity contribution >= 4 is 16.9 Å². The lowest BCUT2D eigenvalue weighted by atomic mass is 10.1. The summed E-state index contributed by atoms with van der Waals surface area (Å²) in [6, 6.07) is 12.9. The summed E-state index contributed by atoms with van der Waals surface area (Å²) in [5.41, 5.74) is 3.00. The summed E-state index contributed by atoms with van der Waals surface area (Å²) in [4.78, 5) is 14.6. The number of benzene rings is 2. The topological polar surface area (TPSA) is 71.1 Å². The van der Waals surface area contributed by atoms with Crippen molar-refractivity contribution in [2.45, 2.75) is 6.54 Å². The molecule has 0 radical (unpaired) electrons. The summed E-state index contributed by atoms with van der Waals surface area (Å²) in [5.74, 6) is 0.715. The van der Waals surface area contributed by atoms with E-state index in [2.05, 4.69) is 22.0 Å². The minimum Gasteiger partial charge on any atom is -0.497 e. The molecule has 0 aliphatic rings. The van der Waals surface area contributed by atoms with Crippen LogP contribution in [0.15, 0.2) is 55.1 Å². The molecule has 0 atom stereocenters. The second-order valence-electron chi connectivity index (χ2n) is 5.35. The van der Waals surface area contributed by atoms with Crippen LogP contribution < -0.4 is 4.74 Å². The van der Waals surface area contributed by atoms with E-state index in [0.29, 0.717) is 24.2 Å². The van der Waals surface area contributed by atoms with Gasteiger partial charge < -0.3 is 9.64 Å². The normalized spacial score (nSPS) is 10.5. The van der Waals surface area contributed by atoms with E-state index in [-0.39, 0.29) is 5.91 Å². The minimum atomic E-state index is -0.0735. The van der Waals surface area contributed by atoms with E-state index in [1.165, 1.54) is 0 Å². The Hall–Kier alpha value is -3.15. The third-order valence-corrected chi connectivity index (χ3v) is 3.73. The van der Waals surface area contributed by atoms with Crippen molar-refractivity contribution in [2.24, 2.45) is 0 Å². The Bertz CT molecular complexity index is 855. The zero-order valence-electron chi connectivity index (χ0n) is 13.4. The predicted octanol–water partition coefficient (Wildman–Crippen LogP) is 2.79. The van der Waals surface area contributed by atoms with E-state index in [9.17, 15) is 4.79 Å². The molecule has 0 saturated heterocycles. The lowest BCUT2D eigenvalue weighted by Gasteiger charge is -2.21. The molecule has 0 aliphatic heterocycles.